The minimum absolute atomic E-state index is 0.128. The van der Waals surface area contributed by atoms with Gasteiger partial charge in [0, 0.05) is 12.1 Å². The Bertz CT molecular complexity index is 514. The first kappa shape index (κ1) is 12.9. The van der Waals surface area contributed by atoms with Crippen molar-refractivity contribution in [1.29, 1.82) is 0 Å². The first-order valence-electron chi connectivity index (χ1n) is 5.67. The zero-order valence-electron chi connectivity index (χ0n) is 9.93. The van der Waals surface area contributed by atoms with E-state index < -0.39 is 0 Å². The normalized spacial score (nSPS) is 14.4. The molecule has 0 spiro atoms. The fourth-order valence-electron chi connectivity index (χ4n) is 1.72. The van der Waals surface area contributed by atoms with Gasteiger partial charge < -0.3 is 10.1 Å². The quantitative estimate of drug-likeness (QED) is 0.911. The number of carbonyl (C=O) groups excluding carboxylic acids is 1. The van der Waals surface area contributed by atoms with Crippen LogP contribution in [0.4, 0.5) is 4.39 Å². The third-order valence-corrected chi connectivity index (χ3v) is 3.16. The highest BCUT2D eigenvalue weighted by Crippen LogP contribution is 2.30. The van der Waals surface area contributed by atoms with E-state index in [0.29, 0.717) is 41.2 Å². The molecular weight excluding hydrogens is 257 g/mol. The lowest BCUT2D eigenvalue weighted by Gasteiger charge is -2.10. The Labute approximate surface area is 110 Å². The summed E-state index contributed by atoms with van der Waals surface area (Å²) in [4.78, 5) is 11.4. The molecule has 96 valence electrons. The van der Waals surface area contributed by atoms with Gasteiger partial charge in [-0.1, -0.05) is 18.5 Å². The molecule has 0 unspecified atom stereocenters. The minimum Gasteiger partial charge on any atom is -0.488 e. The smallest absolute Gasteiger partial charge is 0.251 e. The van der Waals surface area contributed by atoms with Gasteiger partial charge in [0.05, 0.1) is 11.4 Å². The van der Waals surface area contributed by atoms with Gasteiger partial charge in [-0.25, -0.2) is 4.39 Å². The molecule has 1 aliphatic heterocycles. The summed E-state index contributed by atoms with van der Waals surface area (Å²) < 4.78 is 17.9. The van der Waals surface area contributed by atoms with Crippen molar-refractivity contribution in [3.8, 4) is 5.75 Å². The van der Waals surface area contributed by atoms with Gasteiger partial charge in [0.1, 0.15) is 12.4 Å². The number of ether oxygens (including phenoxy) is 1. The standard InChI is InChI=1S/C13H13ClFNO2/c1-2-8(5-15)7-18-12-3-9-6-16-13(17)10(9)4-11(12)14/h3-5H,2,6-7H2,1H3,(H,16,17). The van der Waals surface area contributed by atoms with Crippen LogP contribution in [0, 0.1) is 0 Å². The largest absolute Gasteiger partial charge is 0.488 e. The van der Waals surface area contributed by atoms with E-state index in [1.807, 2.05) is 6.92 Å². The van der Waals surface area contributed by atoms with Crippen molar-refractivity contribution in [2.45, 2.75) is 19.9 Å². The van der Waals surface area contributed by atoms with Gasteiger partial charge in [0.15, 0.2) is 0 Å². The molecule has 1 aliphatic rings. The van der Waals surface area contributed by atoms with Gasteiger partial charge >= 0.3 is 0 Å². The Morgan fingerprint density at radius 2 is 2.39 bits per heavy atom. The summed E-state index contributed by atoms with van der Waals surface area (Å²) in [7, 11) is 0. The van der Waals surface area contributed by atoms with Crippen LogP contribution in [-0.2, 0) is 6.54 Å². The lowest BCUT2D eigenvalue weighted by atomic mass is 10.1. The summed E-state index contributed by atoms with van der Waals surface area (Å²) in [6, 6.07) is 3.31. The highest BCUT2D eigenvalue weighted by molar-refractivity contribution is 6.32. The second-order valence-corrected chi connectivity index (χ2v) is 4.44. The van der Waals surface area contributed by atoms with E-state index in [4.69, 9.17) is 16.3 Å². The molecule has 0 aromatic heterocycles. The van der Waals surface area contributed by atoms with E-state index in [2.05, 4.69) is 5.32 Å². The number of halogens is 2. The van der Waals surface area contributed by atoms with Gasteiger partial charge in [0.25, 0.3) is 5.91 Å². The van der Waals surface area contributed by atoms with Crippen LogP contribution in [0.1, 0.15) is 29.3 Å². The maximum absolute atomic E-state index is 12.4. The molecule has 18 heavy (non-hydrogen) atoms. The molecule has 0 bridgehead atoms. The number of amides is 1. The summed E-state index contributed by atoms with van der Waals surface area (Å²) in [5.74, 6) is 0.344. The molecule has 0 radical (unpaired) electrons. The molecule has 2 rings (SSSR count). The lowest BCUT2D eigenvalue weighted by Crippen LogP contribution is -2.12. The first-order chi connectivity index (χ1) is 8.65. The monoisotopic (exact) mass is 269 g/mol. The second kappa shape index (κ2) is 5.40. The van der Waals surface area contributed by atoms with Gasteiger partial charge in [-0.05, 0) is 29.7 Å². The molecular formula is C13H13ClFNO2. The van der Waals surface area contributed by atoms with Crippen molar-refractivity contribution < 1.29 is 13.9 Å². The molecule has 1 aromatic rings. The zero-order chi connectivity index (χ0) is 13.1. The molecule has 1 N–H and O–H groups in total. The number of fused-ring (bicyclic) bond motifs is 1. The van der Waals surface area contributed by atoms with Crippen molar-refractivity contribution in [3.05, 3.63) is 40.2 Å². The SMILES string of the molecule is CCC(=CF)COc1cc2c(cc1Cl)C(=O)NC2. The van der Waals surface area contributed by atoms with E-state index in [0.717, 1.165) is 5.56 Å². The number of hydrogen-bond acceptors (Lipinski definition) is 2. The van der Waals surface area contributed by atoms with Gasteiger partial charge in [-0.2, -0.15) is 0 Å². The summed E-state index contributed by atoms with van der Waals surface area (Å²) in [6.07, 6.45) is 1.13. The van der Waals surface area contributed by atoms with Crippen LogP contribution in [0.5, 0.6) is 5.75 Å². The Balaban J connectivity index is 2.18. The predicted octanol–water partition coefficient (Wildman–Crippen LogP) is 3.23. The fourth-order valence-corrected chi connectivity index (χ4v) is 1.93. The number of benzene rings is 1. The van der Waals surface area contributed by atoms with Crippen molar-refractivity contribution >= 4 is 17.5 Å². The maximum atomic E-state index is 12.4. The second-order valence-electron chi connectivity index (χ2n) is 4.03. The number of nitrogens with one attached hydrogen (secondary N) is 1. The Morgan fingerprint density at radius 1 is 1.61 bits per heavy atom. The average Bonchev–Trinajstić information content (AvgIpc) is 2.72. The average molecular weight is 270 g/mol. The molecule has 0 fully saturated rings. The van der Waals surface area contributed by atoms with Crippen LogP contribution in [0.15, 0.2) is 24.0 Å². The van der Waals surface area contributed by atoms with Crippen LogP contribution in [0.2, 0.25) is 5.02 Å². The fraction of sp³-hybridized carbons (Fsp3) is 0.308. The third kappa shape index (κ3) is 2.48. The molecule has 0 atom stereocenters. The van der Waals surface area contributed by atoms with E-state index >= 15 is 0 Å². The molecule has 3 nitrogen and oxygen atoms in total. The van der Waals surface area contributed by atoms with Crippen molar-refractivity contribution in [3.63, 3.8) is 0 Å². The first-order valence-corrected chi connectivity index (χ1v) is 6.05. The Morgan fingerprint density at radius 3 is 3.06 bits per heavy atom. The highest BCUT2D eigenvalue weighted by Gasteiger charge is 2.21. The molecule has 1 heterocycles. The molecule has 5 heteroatoms. The Kier molecular flexibility index (Phi) is 3.87. The van der Waals surface area contributed by atoms with E-state index in [1.165, 1.54) is 0 Å². The molecule has 0 aliphatic carbocycles. The summed E-state index contributed by atoms with van der Waals surface area (Å²) >= 11 is 6.02. The zero-order valence-corrected chi connectivity index (χ0v) is 10.7. The van der Waals surface area contributed by atoms with E-state index in [9.17, 15) is 9.18 Å². The predicted molar refractivity (Wildman–Crippen MR) is 67.6 cm³/mol. The van der Waals surface area contributed by atoms with Crippen LogP contribution < -0.4 is 10.1 Å². The van der Waals surface area contributed by atoms with Gasteiger partial charge in [-0.3, -0.25) is 4.79 Å². The number of rotatable bonds is 4. The van der Waals surface area contributed by atoms with Crippen molar-refractivity contribution in [1.82, 2.24) is 5.32 Å². The molecule has 0 saturated carbocycles. The lowest BCUT2D eigenvalue weighted by molar-refractivity contribution is 0.0966. The third-order valence-electron chi connectivity index (χ3n) is 2.86. The molecule has 0 saturated heterocycles. The van der Waals surface area contributed by atoms with E-state index in [1.54, 1.807) is 12.1 Å². The van der Waals surface area contributed by atoms with Gasteiger partial charge in [0.2, 0.25) is 0 Å². The summed E-state index contributed by atoms with van der Waals surface area (Å²) in [6.45, 7) is 2.48. The number of carbonyl (C=O) groups is 1. The van der Waals surface area contributed by atoms with Crippen molar-refractivity contribution in [2.75, 3.05) is 6.61 Å². The van der Waals surface area contributed by atoms with Gasteiger partial charge in [-0.15, -0.1) is 0 Å². The van der Waals surface area contributed by atoms with Crippen LogP contribution in [0.25, 0.3) is 0 Å². The number of hydrogen-bond donors (Lipinski definition) is 1. The summed E-state index contributed by atoms with van der Waals surface area (Å²) in [5.41, 5.74) is 1.98. The topological polar surface area (TPSA) is 38.3 Å². The van der Waals surface area contributed by atoms with E-state index in [-0.39, 0.29) is 12.5 Å². The maximum Gasteiger partial charge on any atom is 0.251 e. The molecule has 1 amide bonds. The summed E-state index contributed by atoms with van der Waals surface area (Å²) in [5, 5.41) is 3.06. The highest BCUT2D eigenvalue weighted by atomic mass is 35.5. The van der Waals surface area contributed by atoms with Crippen LogP contribution in [-0.4, -0.2) is 12.5 Å². The molecule has 1 aromatic carbocycles. The van der Waals surface area contributed by atoms with Crippen LogP contribution >= 0.6 is 11.6 Å². The van der Waals surface area contributed by atoms with Crippen molar-refractivity contribution in [2.24, 2.45) is 0 Å². The Hall–Kier alpha value is -1.55. The minimum atomic E-state index is -0.128. The van der Waals surface area contributed by atoms with Crippen LogP contribution in [0.3, 0.4) is 0 Å².